The van der Waals surface area contributed by atoms with Crippen LogP contribution in [0.5, 0.6) is 5.75 Å². The van der Waals surface area contributed by atoms with E-state index < -0.39 is 0 Å². The number of ether oxygens (including phenoxy) is 1. The van der Waals surface area contributed by atoms with E-state index in [-0.39, 0.29) is 6.04 Å². The van der Waals surface area contributed by atoms with Gasteiger partial charge in [-0.25, -0.2) is 4.99 Å². The lowest BCUT2D eigenvalue weighted by Crippen LogP contribution is -2.36. The Bertz CT molecular complexity index is 376. The normalized spacial score (nSPS) is 20.3. The van der Waals surface area contributed by atoms with Gasteiger partial charge in [0.15, 0.2) is 5.96 Å². The minimum Gasteiger partial charge on any atom is -0.496 e. The third kappa shape index (κ3) is 2.03. The standard InChI is InChI=1S/C11H15N3O/c1-15-10-5-3-2-4-8(10)9-6-7-13-11(12)14-9/h2-5,9H,6-7H2,1H3,(H3,12,13,14)/t9-/m0/s1. The van der Waals surface area contributed by atoms with Crippen molar-refractivity contribution in [3.8, 4) is 5.75 Å². The van der Waals surface area contributed by atoms with E-state index in [1.807, 2.05) is 24.3 Å². The number of methoxy groups -OCH3 is 1. The van der Waals surface area contributed by atoms with Crippen LogP contribution in [-0.4, -0.2) is 19.6 Å². The van der Waals surface area contributed by atoms with Crippen molar-refractivity contribution in [2.24, 2.45) is 10.7 Å². The van der Waals surface area contributed by atoms with Crippen LogP contribution < -0.4 is 15.8 Å². The number of nitrogens with zero attached hydrogens (tertiary/aromatic N) is 1. The predicted molar refractivity (Wildman–Crippen MR) is 60.0 cm³/mol. The molecular formula is C11H15N3O. The summed E-state index contributed by atoms with van der Waals surface area (Å²) in [5, 5.41) is 3.01. The van der Waals surface area contributed by atoms with Crippen molar-refractivity contribution in [2.75, 3.05) is 13.7 Å². The summed E-state index contributed by atoms with van der Waals surface area (Å²) in [4.78, 5) is 4.36. The molecule has 0 fully saturated rings. The summed E-state index contributed by atoms with van der Waals surface area (Å²) in [6.45, 7) is 0.859. The average Bonchev–Trinajstić information content (AvgIpc) is 2.29. The van der Waals surface area contributed by atoms with Gasteiger partial charge in [0.1, 0.15) is 5.75 Å². The smallest absolute Gasteiger partial charge is 0.189 e. The number of benzene rings is 1. The van der Waals surface area contributed by atoms with E-state index >= 15 is 0 Å². The van der Waals surface area contributed by atoms with Crippen molar-refractivity contribution < 1.29 is 4.74 Å². The minimum atomic E-state index is 0.113. The molecule has 1 aromatic carbocycles. The fourth-order valence-electron chi connectivity index (χ4n) is 1.78. The first-order valence-electron chi connectivity index (χ1n) is 5.01. The second-order valence-corrected chi connectivity index (χ2v) is 3.49. The van der Waals surface area contributed by atoms with Crippen LogP contribution >= 0.6 is 0 Å². The fraction of sp³-hybridized carbons (Fsp3) is 0.364. The van der Waals surface area contributed by atoms with Gasteiger partial charge in [0, 0.05) is 12.1 Å². The van der Waals surface area contributed by atoms with Gasteiger partial charge in [-0.1, -0.05) is 18.2 Å². The largest absolute Gasteiger partial charge is 0.496 e. The second kappa shape index (κ2) is 4.21. The molecule has 0 saturated heterocycles. The molecule has 0 spiro atoms. The van der Waals surface area contributed by atoms with Crippen LogP contribution in [0.25, 0.3) is 0 Å². The zero-order valence-corrected chi connectivity index (χ0v) is 8.73. The molecule has 1 heterocycles. The minimum absolute atomic E-state index is 0.113. The van der Waals surface area contributed by atoms with Crippen molar-refractivity contribution in [3.05, 3.63) is 29.8 Å². The van der Waals surface area contributed by atoms with Crippen molar-refractivity contribution in [2.45, 2.75) is 12.5 Å². The molecule has 4 heteroatoms. The van der Waals surface area contributed by atoms with Gasteiger partial charge in [-0.2, -0.15) is 0 Å². The quantitative estimate of drug-likeness (QED) is 0.758. The van der Waals surface area contributed by atoms with Crippen LogP contribution in [0.4, 0.5) is 0 Å². The van der Waals surface area contributed by atoms with E-state index in [2.05, 4.69) is 10.3 Å². The molecule has 0 amide bonds. The molecule has 1 aliphatic heterocycles. The van der Waals surface area contributed by atoms with Crippen molar-refractivity contribution in [3.63, 3.8) is 0 Å². The maximum absolute atomic E-state index is 5.65. The zero-order chi connectivity index (χ0) is 10.7. The summed E-state index contributed by atoms with van der Waals surface area (Å²) in [6.07, 6.45) is 0.946. The van der Waals surface area contributed by atoms with Gasteiger partial charge in [0.2, 0.25) is 0 Å². The molecule has 0 radical (unpaired) electrons. The van der Waals surface area contributed by atoms with Gasteiger partial charge < -0.3 is 15.8 Å². The Morgan fingerprint density at radius 1 is 1.47 bits per heavy atom. The maximum atomic E-state index is 5.65. The lowest BCUT2D eigenvalue weighted by molar-refractivity contribution is 0.403. The molecule has 0 unspecified atom stereocenters. The molecule has 3 N–H and O–H groups in total. The summed E-state index contributed by atoms with van der Waals surface area (Å²) >= 11 is 0. The van der Waals surface area contributed by atoms with Gasteiger partial charge in [0.25, 0.3) is 0 Å². The Kier molecular flexibility index (Phi) is 2.76. The molecule has 15 heavy (non-hydrogen) atoms. The molecule has 80 valence electrons. The van der Waals surface area contributed by atoms with E-state index in [0.717, 1.165) is 24.3 Å². The van der Waals surface area contributed by atoms with E-state index in [1.54, 1.807) is 7.11 Å². The number of nitrogens with one attached hydrogen (secondary N) is 1. The number of guanidine groups is 1. The Hall–Kier alpha value is -1.71. The zero-order valence-electron chi connectivity index (χ0n) is 8.73. The van der Waals surface area contributed by atoms with E-state index in [0.29, 0.717) is 5.96 Å². The number of hydrogen-bond donors (Lipinski definition) is 2. The highest BCUT2D eigenvalue weighted by Crippen LogP contribution is 2.30. The molecule has 4 nitrogen and oxygen atoms in total. The number of hydrogen-bond acceptors (Lipinski definition) is 4. The lowest BCUT2D eigenvalue weighted by Gasteiger charge is -2.21. The van der Waals surface area contributed by atoms with Crippen molar-refractivity contribution in [1.29, 1.82) is 0 Å². The molecule has 1 aliphatic rings. The number of nitrogens with two attached hydrogens (primary N) is 1. The highest BCUT2D eigenvalue weighted by atomic mass is 16.5. The van der Waals surface area contributed by atoms with Crippen molar-refractivity contribution in [1.82, 2.24) is 5.32 Å². The molecular weight excluding hydrogens is 190 g/mol. The van der Waals surface area contributed by atoms with Crippen LogP contribution in [0.3, 0.4) is 0 Å². The maximum Gasteiger partial charge on any atom is 0.189 e. The monoisotopic (exact) mass is 205 g/mol. The molecule has 0 aromatic heterocycles. The molecule has 1 aromatic rings. The third-order valence-electron chi connectivity index (χ3n) is 2.52. The highest BCUT2D eigenvalue weighted by Gasteiger charge is 2.18. The Balaban J connectivity index is 2.32. The Morgan fingerprint density at radius 3 is 3.00 bits per heavy atom. The van der Waals surface area contributed by atoms with E-state index in [4.69, 9.17) is 10.5 Å². The fourth-order valence-corrected chi connectivity index (χ4v) is 1.78. The summed E-state index contributed by atoms with van der Waals surface area (Å²) < 4.78 is 5.30. The first kappa shape index (κ1) is 9.83. The molecule has 0 saturated carbocycles. The second-order valence-electron chi connectivity index (χ2n) is 3.49. The van der Waals surface area contributed by atoms with Gasteiger partial charge in [-0.15, -0.1) is 0 Å². The first-order chi connectivity index (χ1) is 7.31. The number of para-hydroxylation sites is 1. The Morgan fingerprint density at radius 2 is 2.27 bits per heavy atom. The molecule has 0 aliphatic carbocycles. The van der Waals surface area contributed by atoms with Crippen LogP contribution in [0.15, 0.2) is 29.3 Å². The van der Waals surface area contributed by atoms with Gasteiger partial charge in [-0.3, -0.25) is 0 Å². The topological polar surface area (TPSA) is 59.6 Å². The van der Waals surface area contributed by atoms with Crippen LogP contribution in [0.1, 0.15) is 18.0 Å². The number of aliphatic imine (C=N–C) groups is 1. The van der Waals surface area contributed by atoms with E-state index in [9.17, 15) is 0 Å². The first-order valence-corrected chi connectivity index (χ1v) is 5.01. The predicted octanol–water partition coefficient (Wildman–Crippen LogP) is 1.04. The SMILES string of the molecule is COc1ccccc1[C@@H]1CCNC(N)=N1. The van der Waals surface area contributed by atoms with Gasteiger partial charge >= 0.3 is 0 Å². The summed E-state index contributed by atoms with van der Waals surface area (Å²) in [5.41, 5.74) is 6.75. The van der Waals surface area contributed by atoms with Crippen LogP contribution in [0.2, 0.25) is 0 Å². The molecule has 1 atom stereocenters. The van der Waals surface area contributed by atoms with Gasteiger partial charge in [-0.05, 0) is 12.5 Å². The van der Waals surface area contributed by atoms with Gasteiger partial charge in [0.05, 0.1) is 13.2 Å². The summed E-state index contributed by atoms with van der Waals surface area (Å²) in [6, 6.07) is 8.04. The third-order valence-corrected chi connectivity index (χ3v) is 2.52. The molecule has 0 bridgehead atoms. The van der Waals surface area contributed by atoms with Crippen molar-refractivity contribution >= 4 is 5.96 Å². The molecule has 2 rings (SSSR count). The Labute approximate surface area is 89.1 Å². The summed E-state index contributed by atoms with van der Waals surface area (Å²) in [5.74, 6) is 1.39. The lowest BCUT2D eigenvalue weighted by atomic mass is 10.0. The van der Waals surface area contributed by atoms with Crippen LogP contribution in [0, 0.1) is 0 Å². The highest BCUT2D eigenvalue weighted by molar-refractivity contribution is 5.78. The summed E-state index contributed by atoms with van der Waals surface area (Å²) in [7, 11) is 1.67. The van der Waals surface area contributed by atoms with Crippen LogP contribution in [-0.2, 0) is 0 Å². The van der Waals surface area contributed by atoms with E-state index in [1.165, 1.54) is 0 Å². The average molecular weight is 205 g/mol. The number of rotatable bonds is 2.